The number of unbranched alkanes of at least 4 members (excludes halogenated alkanes) is 1. The highest BCUT2D eigenvalue weighted by molar-refractivity contribution is 7.99. The summed E-state index contributed by atoms with van der Waals surface area (Å²) in [4.78, 5) is 14.5. The number of ether oxygens (including phenoxy) is 2. The lowest BCUT2D eigenvalue weighted by Crippen LogP contribution is -2.41. The van der Waals surface area contributed by atoms with E-state index in [1.54, 1.807) is 18.9 Å². The Balaban J connectivity index is 1.28. The van der Waals surface area contributed by atoms with Gasteiger partial charge in [-0.05, 0) is 37.1 Å². The predicted molar refractivity (Wildman–Crippen MR) is 138 cm³/mol. The Morgan fingerprint density at radius 2 is 1.83 bits per heavy atom. The van der Waals surface area contributed by atoms with Gasteiger partial charge in [0.05, 0.1) is 20.3 Å². The van der Waals surface area contributed by atoms with Crippen molar-refractivity contribution in [3.63, 3.8) is 0 Å². The van der Waals surface area contributed by atoms with E-state index in [2.05, 4.69) is 25.0 Å². The summed E-state index contributed by atoms with van der Waals surface area (Å²) in [5, 5.41) is 12.8. The first-order valence-electron chi connectivity index (χ1n) is 12.1. The van der Waals surface area contributed by atoms with Crippen LogP contribution in [0.15, 0.2) is 59.8 Å². The van der Waals surface area contributed by atoms with Crippen molar-refractivity contribution in [2.45, 2.75) is 24.4 Å². The van der Waals surface area contributed by atoms with Crippen LogP contribution in [0.3, 0.4) is 0 Å². The number of benzene rings is 2. The Bertz CT molecular complexity index is 1050. The van der Waals surface area contributed by atoms with E-state index in [1.807, 2.05) is 54.6 Å². The van der Waals surface area contributed by atoms with Gasteiger partial charge < -0.3 is 14.8 Å². The minimum Gasteiger partial charge on any atom is -0.497 e. The fraction of sp³-hybridized carbons (Fsp3) is 0.423. The number of carbonyl (C=O) groups is 1. The topological polar surface area (TPSA) is 81.5 Å². The molecule has 0 spiro atoms. The minimum atomic E-state index is 0.121. The third-order valence-corrected chi connectivity index (χ3v) is 6.89. The van der Waals surface area contributed by atoms with Gasteiger partial charge in [-0.3, -0.25) is 14.3 Å². The van der Waals surface area contributed by atoms with Crippen LogP contribution in [0.2, 0.25) is 0 Å². The molecule has 1 fully saturated rings. The van der Waals surface area contributed by atoms with Gasteiger partial charge in [0.25, 0.3) is 0 Å². The van der Waals surface area contributed by atoms with Crippen LogP contribution in [0.25, 0.3) is 17.1 Å². The van der Waals surface area contributed by atoms with Gasteiger partial charge in [-0.15, -0.1) is 10.2 Å². The van der Waals surface area contributed by atoms with Crippen LogP contribution in [-0.4, -0.2) is 77.8 Å². The molecule has 0 bridgehead atoms. The van der Waals surface area contributed by atoms with Crippen LogP contribution >= 0.6 is 11.8 Å². The molecule has 1 saturated heterocycles. The van der Waals surface area contributed by atoms with E-state index in [9.17, 15) is 4.79 Å². The number of morpholine rings is 1. The van der Waals surface area contributed by atoms with E-state index < -0.39 is 0 Å². The van der Waals surface area contributed by atoms with Crippen molar-refractivity contribution in [2.24, 2.45) is 0 Å². The molecule has 1 aromatic heterocycles. The summed E-state index contributed by atoms with van der Waals surface area (Å²) in [6.45, 7) is 5.03. The molecule has 3 aromatic rings. The van der Waals surface area contributed by atoms with Gasteiger partial charge in [-0.1, -0.05) is 42.1 Å². The number of nitrogens with one attached hydrogen (secondary N) is 1. The molecule has 1 aliphatic heterocycles. The number of nitrogens with zero attached hydrogens (tertiary/aromatic N) is 4. The summed E-state index contributed by atoms with van der Waals surface area (Å²) in [7, 11) is 1.66. The van der Waals surface area contributed by atoms with Crippen LogP contribution in [-0.2, 0) is 9.53 Å². The second kappa shape index (κ2) is 13.3. The van der Waals surface area contributed by atoms with Gasteiger partial charge >= 0.3 is 0 Å². The summed E-state index contributed by atoms with van der Waals surface area (Å²) in [5.41, 5.74) is 1.99. The maximum absolute atomic E-state index is 12.2. The predicted octanol–water partition coefficient (Wildman–Crippen LogP) is 3.65. The standard InChI is InChI=1S/C26H33N5O3S/c1-33-23-12-10-22(11-13-23)31-25(21-7-3-2-4-8-21)28-29-26(31)35-20-6-5-9-24(32)27-14-15-30-16-18-34-19-17-30/h2-4,7-8,10-13H,5-6,9,14-20H2,1H3,(H,27,32). The maximum atomic E-state index is 12.2. The van der Waals surface area contributed by atoms with Gasteiger partial charge in [-0.2, -0.15) is 0 Å². The quantitative estimate of drug-likeness (QED) is 0.303. The normalized spacial score (nSPS) is 14.1. The first kappa shape index (κ1) is 25.2. The van der Waals surface area contributed by atoms with Gasteiger partial charge in [0.1, 0.15) is 5.75 Å². The largest absolute Gasteiger partial charge is 0.497 e. The van der Waals surface area contributed by atoms with Crippen LogP contribution in [0.5, 0.6) is 5.75 Å². The van der Waals surface area contributed by atoms with Crippen molar-refractivity contribution < 1.29 is 14.3 Å². The number of hydrogen-bond acceptors (Lipinski definition) is 7. The van der Waals surface area contributed by atoms with Gasteiger partial charge in [0.15, 0.2) is 11.0 Å². The molecule has 2 heterocycles. The number of amides is 1. The molecule has 35 heavy (non-hydrogen) atoms. The summed E-state index contributed by atoms with van der Waals surface area (Å²) < 4.78 is 12.7. The van der Waals surface area contributed by atoms with Gasteiger partial charge in [-0.25, -0.2) is 0 Å². The summed E-state index contributed by atoms with van der Waals surface area (Å²) in [6.07, 6.45) is 2.32. The van der Waals surface area contributed by atoms with E-state index in [4.69, 9.17) is 9.47 Å². The van der Waals surface area contributed by atoms with Crippen molar-refractivity contribution in [3.8, 4) is 22.8 Å². The fourth-order valence-electron chi connectivity index (χ4n) is 3.92. The molecule has 0 unspecified atom stereocenters. The molecular weight excluding hydrogens is 462 g/mol. The van der Waals surface area contributed by atoms with Gasteiger partial charge in [0.2, 0.25) is 5.91 Å². The third-order valence-electron chi connectivity index (χ3n) is 5.88. The monoisotopic (exact) mass is 495 g/mol. The van der Waals surface area contributed by atoms with Crippen molar-refractivity contribution in [2.75, 3.05) is 52.3 Å². The second-order valence-corrected chi connectivity index (χ2v) is 9.38. The molecule has 0 radical (unpaired) electrons. The zero-order chi connectivity index (χ0) is 24.3. The van der Waals surface area contributed by atoms with E-state index in [-0.39, 0.29) is 5.91 Å². The van der Waals surface area contributed by atoms with E-state index in [1.165, 1.54) is 0 Å². The highest BCUT2D eigenvalue weighted by atomic mass is 32.2. The van der Waals surface area contributed by atoms with E-state index in [0.29, 0.717) is 13.0 Å². The lowest BCUT2D eigenvalue weighted by atomic mass is 10.2. The number of hydrogen-bond donors (Lipinski definition) is 1. The molecule has 0 aliphatic carbocycles. The molecule has 8 nitrogen and oxygen atoms in total. The number of thioether (sulfide) groups is 1. The maximum Gasteiger partial charge on any atom is 0.220 e. The summed E-state index contributed by atoms with van der Waals surface area (Å²) in [6, 6.07) is 18.0. The zero-order valence-corrected chi connectivity index (χ0v) is 21.0. The number of rotatable bonds is 12. The van der Waals surface area contributed by atoms with E-state index in [0.717, 1.165) is 79.4 Å². The summed E-state index contributed by atoms with van der Waals surface area (Å²) in [5.74, 6) is 2.60. The average molecular weight is 496 g/mol. The first-order valence-corrected chi connectivity index (χ1v) is 13.1. The molecule has 1 aliphatic rings. The molecular formula is C26H33N5O3S. The van der Waals surface area contributed by atoms with Crippen LogP contribution in [0.1, 0.15) is 19.3 Å². The third kappa shape index (κ3) is 7.30. The molecule has 186 valence electrons. The Morgan fingerprint density at radius 1 is 1.06 bits per heavy atom. The Hall–Kier alpha value is -2.88. The molecule has 2 aromatic carbocycles. The first-order chi connectivity index (χ1) is 17.2. The Morgan fingerprint density at radius 3 is 2.57 bits per heavy atom. The van der Waals surface area contributed by atoms with Crippen molar-refractivity contribution in [3.05, 3.63) is 54.6 Å². The Kier molecular flexibility index (Phi) is 9.56. The highest BCUT2D eigenvalue weighted by Gasteiger charge is 2.16. The van der Waals surface area contributed by atoms with Gasteiger partial charge in [0, 0.05) is 49.6 Å². The SMILES string of the molecule is COc1ccc(-n2c(SCCCCC(=O)NCCN3CCOCC3)nnc2-c2ccccc2)cc1. The lowest BCUT2D eigenvalue weighted by molar-refractivity contribution is -0.121. The smallest absolute Gasteiger partial charge is 0.220 e. The molecule has 4 rings (SSSR count). The zero-order valence-electron chi connectivity index (χ0n) is 20.2. The van der Waals surface area contributed by atoms with Crippen LogP contribution in [0, 0.1) is 0 Å². The fourth-order valence-corrected chi connectivity index (χ4v) is 4.87. The molecule has 0 saturated carbocycles. The van der Waals surface area contributed by atoms with Crippen molar-refractivity contribution in [1.82, 2.24) is 25.0 Å². The average Bonchev–Trinajstić information content (AvgIpc) is 3.33. The number of methoxy groups -OCH3 is 1. The highest BCUT2D eigenvalue weighted by Crippen LogP contribution is 2.29. The van der Waals surface area contributed by atoms with E-state index >= 15 is 0 Å². The molecule has 0 atom stereocenters. The Labute approximate surface area is 211 Å². The summed E-state index contributed by atoms with van der Waals surface area (Å²) >= 11 is 1.66. The van der Waals surface area contributed by atoms with Crippen molar-refractivity contribution in [1.29, 1.82) is 0 Å². The van der Waals surface area contributed by atoms with Crippen LogP contribution < -0.4 is 10.1 Å². The number of aromatic nitrogens is 3. The van der Waals surface area contributed by atoms with Crippen LogP contribution in [0.4, 0.5) is 0 Å². The number of carbonyl (C=O) groups excluding carboxylic acids is 1. The van der Waals surface area contributed by atoms with Crippen molar-refractivity contribution >= 4 is 17.7 Å². The molecule has 1 N–H and O–H groups in total. The molecule has 1 amide bonds. The second-order valence-electron chi connectivity index (χ2n) is 8.32. The minimum absolute atomic E-state index is 0.121. The lowest BCUT2D eigenvalue weighted by Gasteiger charge is -2.26. The molecule has 9 heteroatoms.